The van der Waals surface area contributed by atoms with Gasteiger partial charge < -0.3 is 9.80 Å². The van der Waals surface area contributed by atoms with E-state index < -0.39 is 10.0 Å². The van der Waals surface area contributed by atoms with Crippen LogP contribution in [0.2, 0.25) is 0 Å². The molecule has 1 saturated carbocycles. The second-order valence-corrected chi connectivity index (χ2v) is 11.5. The summed E-state index contributed by atoms with van der Waals surface area (Å²) in [6.45, 7) is 3.14. The highest BCUT2D eigenvalue weighted by Crippen LogP contribution is 2.36. The number of hydrogen-bond donors (Lipinski definition) is 0. The van der Waals surface area contributed by atoms with E-state index in [0.717, 1.165) is 35.4 Å². The van der Waals surface area contributed by atoms with Gasteiger partial charge in [-0.3, -0.25) is 4.79 Å². The Balaban J connectivity index is 1.27. The number of hydrogen-bond acceptors (Lipinski definition) is 5. The highest BCUT2D eigenvalue weighted by Gasteiger charge is 2.36. The van der Waals surface area contributed by atoms with Crippen LogP contribution in [0, 0.1) is 11.7 Å². The second kappa shape index (κ2) is 7.62. The summed E-state index contributed by atoms with van der Waals surface area (Å²) >= 11 is 1.35. The summed E-state index contributed by atoms with van der Waals surface area (Å²) in [6, 6.07) is 8.06. The maximum absolute atomic E-state index is 13.2. The summed E-state index contributed by atoms with van der Waals surface area (Å²) in [4.78, 5) is 17.4. The van der Waals surface area contributed by atoms with Crippen molar-refractivity contribution < 1.29 is 17.6 Å². The Morgan fingerprint density at radius 1 is 1.03 bits per heavy atom. The van der Waals surface area contributed by atoms with Crippen LogP contribution >= 0.6 is 11.3 Å². The van der Waals surface area contributed by atoms with Gasteiger partial charge in [0, 0.05) is 55.8 Å². The highest BCUT2D eigenvalue weighted by molar-refractivity contribution is 7.91. The molecule has 0 spiro atoms. The topological polar surface area (TPSA) is 60.9 Å². The minimum Gasteiger partial charge on any atom is -0.369 e. The van der Waals surface area contributed by atoms with Crippen LogP contribution in [0.25, 0.3) is 0 Å². The smallest absolute Gasteiger partial charge is 0.252 e. The number of sulfonamides is 1. The zero-order valence-corrected chi connectivity index (χ0v) is 18.2. The van der Waals surface area contributed by atoms with E-state index in [1.165, 1.54) is 27.8 Å². The molecule has 3 aliphatic rings. The number of piperazine rings is 1. The lowest BCUT2D eigenvalue weighted by Gasteiger charge is -2.35. The summed E-state index contributed by atoms with van der Waals surface area (Å²) in [5, 5.41) is 0. The fourth-order valence-corrected chi connectivity index (χ4v) is 7.30. The average molecular weight is 450 g/mol. The van der Waals surface area contributed by atoms with Gasteiger partial charge in [0.25, 0.3) is 10.0 Å². The lowest BCUT2D eigenvalue weighted by molar-refractivity contribution is -0.133. The Bertz CT molecular complexity index is 1060. The number of anilines is 1. The van der Waals surface area contributed by atoms with E-state index in [0.29, 0.717) is 43.5 Å². The van der Waals surface area contributed by atoms with Crippen molar-refractivity contribution in [2.24, 2.45) is 5.92 Å². The van der Waals surface area contributed by atoms with Gasteiger partial charge in [-0.2, -0.15) is 4.31 Å². The SMILES string of the molecule is O=C(C1CC1)N1CCc2sc(S(=O)(=O)N3CCN(c4ccc(F)cc4)CC3)cc2C1. The van der Waals surface area contributed by atoms with Gasteiger partial charge in [-0.15, -0.1) is 11.3 Å². The van der Waals surface area contributed by atoms with Crippen LogP contribution in [0.4, 0.5) is 10.1 Å². The molecule has 6 nitrogen and oxygen atoms in total. The summed E-state index contributed by atoms with van der Waals surface area (Å²) < 4.78 is 41.5. The molecule has 0 N–H and O–H groups in total. The first-order valence-corrected chi connectivity index (χ1v) is 12.6. The van der Waals surface area contributed by atoms with Crippen molar-refractivity contribution in [1.82, 2.24) is 9.21 Å². The monoisotopic (exact) mass is 449 g/mol. The molecule has 0 unspecified atom stereocenters. The standard InChI is InChI=1S/C21H24FN3O3S2/c22-17-3-5-18(6-4-17)23-9-11-25(12-10-23)30(27,28)20-13-16-14-24(8-7-19(16)29-20)21(26)15-1-2-15/h3-6,13,15H,1-2,7-12,14H2. The summed E-state index contributed by atoms with van der Waals surface area (Å²) in [5.41, 5.74) is 1.88. The number of rotatable bonds is 4. The van der Waals surface area contributed by atoms with E-state index in [-0.39, 0.29) is 17.6 Å². The van der Waals surface area contributed by atoms with Gasteiger partial charge in [0.1, 0.15) is 10.0 Å². The van der Waals surface area contributed by atoms with E-state index in [4.69, 9.17) is 0 Å². The highest BCUT2D eigenvalue weighted by atomic mass is 32.2. The number of carbonyl (C=O) groups is 1. The maximum atomic E-state index is 13.2. The molecule has 0 radical (unpaired) electrons. The first-order chi connectivity index (χ1) is 14.4. The molecule has 2 fully saturated rings. The molecule has 160 valence electrons. The lowest BCUT2D eigenvalue weighted by Crippen LogP contribution is -2.48. The first-order valence-electron chi connectivity index (χ1n) is 10.3. The van der Waals surface area contributed by atoms with Gasteiger partial charge in [-0.1, -0.05) is 0 Å². The Labute approximate surface area is 179 Å². The van der Waals surface area contributed by atoms with Gasteiger partial charge >= 0.3 is 0 Å². The van der Waals surface area contributed by atoms with E-state index >= 15 is 0 Å². The molecule has 9 heteroatoms. The number of nitrogens with zero attached hydrogens (tertiary/aromatic N) is 3. The third-order valence-electron chi connectivity index (χ3n) is 6.11. The lowest BCUT2D eigenvalue weighted by atomic mass is 10.1. The number of benzene rings is 1. The molecule has 3 heterocycles. The van der Waals surface area contributed by atoms with E-state index in [1.807, 2.05) is 4.90 Å². The fourth-order valence-electron chi connectivity index (χ4n) is 4.18. The van der Waals surface area contributed by atoms with Crippen LogP contribution in [0.15, 0.2) is 34.5 Å². The van der Waals surface area contributed by atoms with Crippen LogP contribution < -0.4 is 4.90 Å². The number of halogens is 1. The zero-order valence-electron chi connectivity index (χ0n) is 16.6. The Hall–Kier alpha value is -1.97. The van der Waals surface area contributed by atoms with Crippen LogP contribution in [-0.4, -0.2) is 56.3 Å². The summed E-state index contributed by atoms with van der Waals surface area (Å²) in [6.07, 6.45) is 2.69. The predicted molar refractivity (Wildman–Crippen MR) is 114 cm³/mol. The molecule has 2 aromatic rings. The Morgan fingerprint density at radius 2 is 1.73 bits per heavy atom. The number of thiophene rings is 1. The average Bonchev–Trinajstić information content (AvgIpc) is 3.51. The van der Waals surface area contributed by atoms with Crippen molar-refractivity contribution in [3.05, 3.63) is 46.6 Å². The molecule has 1 aromatic heterocycles. The summed E-state index contributed by atoms with van der Waals surface area (Å²) in [7, 11) is -3.55. The third kappa shape index (κ3) is 3.74. The molecule has 1 saturated heterocycles. The van der Waals surface area contributed by atoms with E-state index in [2.05, 4.69) is 4.90 Å². The number of amides is 1. The van der Waals surface area contributed by atoms with Crippen molar-refractivity contribution in [3.8, 4) is 0 Å². The van der Waals surface area contributed by atoms with Crippen molar-refractivity contribution >= 4 is 33.0 Å². The normalized spacial score (nSPS) is 20.3. The van der Waals surface area contributed by atoms with Crippen LogP contribution in [-0.2, 0) is 27.8 Å². The minimum absolute atomic E-state index is 0.186. The van der Waals surface area contributed by atoms with Gasteiger partial charge in [0.2, 0.25) is 5.91 Å². The molecule has 5 rings (SSSR count). The molecular formula is C21H24FN3O3S2. The molecule has 2 aliphatic heterocycles. The van der Waals surface area contributed by atoms with Gasteiger partial charge in [0.15, 0.2) is 0 Å². The van der Waals surface area contributed by atoms with Crippen LogP contribution in [0.5, 0.6) is 0 Å². The minimum atomic E-state index is -3.55. The molecule has 0 atom stereocenters. The summed E-state index contributed by atoms with van der Waals surface area (Å²) in [5.74, 6) is 0.123. The third-order valence-corrected chi connectivity index (χ3v) is 9.69. The molecule has 1 aliphatic carbocycles. The van der Waals surface area contributed by atoms with Gasteiger partial charge in [0.05, 0.1) is 0 Å². The van der Waals surface area contributed by atoms with Crippen molar-refractivity contribution in [2.75, 3.05) is 37.6 Å². The van der Waals surface area contributed by atoms with Gasteiger partial charge in [-0.25, -0.2) is 12.8 Å². The maximum Gasteiger partial charge on any atom is 0.252 e. The van der Waals surface area contributed by atoms with Crippen molar-refractivity contribution in [3.63, 3.8) is 0 Å². The molecule has 30 heavy (non-hydrogen) atoms. The number of carbonyl (C=O) groups excluding carboxylic acids is 1. The fraction of sp³-hybridized carbons (Fsp3) is 0.476. The predicted octanol–water partition coefficient (Wildman–Crippen LogP) is 2.69. The van der Waals surface area contributed by atoms with E-state index in [9.17, 15) is 17.6 Å². The number of fused-ring (bicyclic) bond motifs is 1. The van der Waals surface area contributed by atoms with Gasteiger partial charge in [-0.05, 0) is 55.2 Å². The van der Waals surface area contributed by atoms with E-state index in [1.54, 1.807) is 18.2 Å². The first kappa shape index (κ1) is 20.0. The zero-order chi connectivity index (χ0) is 20.9. The van der Waals surface area contributed by atoms with Crippen molar-refractivity contribution in [1.29, 1.82) is 0 Å². The quantitative estimate of drug-likeness (QED) is 0.720. The molecule has 0 bridgehead atoms. The Kier molecular flexibility index (Phi) is 5.07. The second-order valence-electron chi connectivity index (χ2n) is 8.17. The molecule has 1 amide bonds. The molecular weight excluding hydrogens is 425 g/mol. The Morgan fingerprint density at radius 3 is 2.40 bits per heavy atom. The van der Waals surface area contributed by atoms with Crippen LogP contribution in [0.1, 0.15) is 23.3 Å². The largest absolute Gasteiger partial charge is 0.369 e. The van der Waals surface area contributed by atoms with Crippen molar-refractivity contribution in [2.45, 2.75) is 30.0 Å². The molecule has 1 aromatic carbocycles. The van der Waals surface area contributed by atoms with Crippen LogP contribution in [0.3, 0.4) is 0 Å².